The largest absolute Gasteiger partial charge is 0.381 e. The van der Waals surface area contributed by atoms with Gasteiger partial charge in [-0.1, -0.05) is 12.1 Å². The van der Waals surface area contributed by atoms with Gasteiger partial charge in [0.05, 0.1) is 17.0 Å². The zero-order chi connectivity index (χ0) is 22.9. The van der Waals surface area contributed by atoms with E-state index in [4.69, 9.17) is 0 Å². The van der Waals surface area contributed by atoms with Crippen LogP contribution >= 0.6 is 11.3 Å². The third-order valence-electron chi connectivity index (χ3n) is 5.64. The molecule has 0 amide bonds. The van der Waals surface area contributed by atoms with Gasteiger partial charge in [-0.3, -0.25) is 4.90 Å². The van der Waals surface area contributed by atoms with Crippen LogP contribution in [-0.2, 0) is 22.1 Å². The normalized spacial score (nSPS) is 15.4. The first-order valence-electron chi connectivity index (χ1n) is 10.1. The molecule has 32 heavy (non-hydrogen) atoms. The van der Waals surface area contributed by atoms with Crippen molar-refractivity contribution in [2.45, 2.75) is 36.6 Å². The number of benzene rings is 2. The highest BCUT2D eigenvalue weighted by molar-refractivity contribution is 7.90. The number of likely N-dealkylation sites (tertiary alicyclic amines) is 1. The minimum Gasteiger partial charge on any atom is -0.381 e. The van der Waals surface area contributed by atoms with E-state index in [9.17, 15) is 21.6 Å². The average molecular weight is 482 g/mol. The van der Waals surface area contributed by atoms with E-state index in [0.717, 1.165) is 37.2 Å². The number of sulfone groups is 1. The molecule has 5 nitrogen and oxygen atoms in total. The molecule has 10 heteroatoms. The summed E-state index contributed by atoms with van der Waals surface area (Å²) in [6.45, 7) is 3.89. The van der Waals surface area contributed by atoms with Crippen LogP contribution in [0.15, 0.2) is 46.1 Å². The van der Waals surface area contributed by atoms with Gasteiger partial charge < -0.3 is 5.32 Å². The minimum absolute atomic E-state index is 0.00396. The SMILES string of the molecule is C[C@@H](c1cccc(F)c1CNc1cc(F)c(S(=O)(=O)Cc2cscn2)c(F)c1)N1CCC1. The zero-order valence-electron chi connectivity index (χ0n) is 17.3. The fourth-order valence-corrected chi connectivity index (χ4v) is 5.87. The van der Waals surface area contributed by atoms with Crippen LogP contribution in [0.1, 0.15) is 36.2 Å². The molecule has 1 fully saturated rings. The van der Waals surface area contributed by atoms with Gasteiger partial charge in [0.2, 0.25) is 0 Å². The van der Waals surface area contributed by atoms with Crippen molar-refractivity contribution in [3.8, 4) is 0 Å². The maximum Gasteiger partial charge on any atom is 0.189 e. The maximum atomic E-state index is 14.6. The van der Waals surface area contributed by atoms with Crippen LogP contribution in [-0.4, -0.2) is 31.4 Å². The predicted octanol–water partition coefficient (Wildman–Crippen LogP) is 4.91. The van der Waals surface area contributed by atoms with Crippen molar-refractivity contribution >= 4 is 26.9 Å². The standard InChI is InChI=1S/C22H22F3N3O2S2/c1-14(28-6-3-7-28)17-4-2-5-19(23)18(17)10-26-15-8-20(24)22(21(25)9-15)32(29,30)12-16-11-31-13-27-16/h2,4-5,8-9,11,13-14,26H,3,6-7,10,12H2,1H3/t14-/m0/s1. The summed E-state index contributed by atoms with van der Waals surface area (Å²) >= 11 is 1.20. The molecule has 0 radical (unpaired) electrons. The van der Waals surface area contributed by atoms with Gasteiger partial charge >= 0.3 is 0 Å². The van der Waals surface area contributed by atoms with Gasteiger partial charge in [0.25, 0.3) is 0 Å². The van der Waals surface area contributed by atoms with Crippen molar-refractivity contribution in [2.75, 3.05) is 18.4 Å². The quantitative estimate of drug-likeness (QED) is 0.495. The highest BCUT2D eigenvalue weighted by atomic mass is 32.2. The van der Waals surface area contributed by atoms with Crippen LogP contribution in [0, 0.1) is 17.5 Å². The Bertz CT molecular complexity index is 1190. The van der Waals surface area contributed by atoms with E-state index >= 15 is 0 Å². The maximum absolute atomic E-state index is 14.6. The second kappa shape index (κ2) is 9.21. The lowest BCUT2D eigenvalue weighted by Crippen LogP contribution is -2.39. The second-order valence-electron chi connectivity index (χ2n) is 7.73. The first-order chi connectivity index (χ1) is 15.3. The molecular formula is C22H22F3N3O2S2. The number of thiazole rings is 1. The van der Waals surface area contributed by atoms with Crippen LogP contribution in [0.4, 0.5) is 18.9 Å². The van der Waals surface area contributed by atoms with Gasteiger partial charge in [-0.15, -0.1) is 11.3 Å². The molecule has 1 N–H and O–H groups in total. The van der Waals surface area contributed by atoms with E-state index in [-0.39, 0.29) is 24.0 Å². The molecule has 3 aromatic rings. The summed E-state index contributed by atoms with van der Waals surface area (Å²) in [6.07, 6.45) is 1.10. The summed E-state index contributed by atoms with van der Waals surface area (Å²) in [5.41, 5.74) is 2.91. The number of rotatable bonds is 8. The molecule has 1 atom stereocenters. The van der Waals surface area contributed by atoms with Crippen molar-refractivity contribution < 1.29 is 21.6 Å². The number of aromatic nitrogens is 1. The van der Waals surface area contributed by atoms with Crippen molar-refractivity contribution in [1.29, 1.82) is 0 Å². The van der Waals surface area contributed by atoms with Crippen LogP contribution in [0.25, 0.3) is 0 Å². The molecule has 0 saturated carbocycles. The molecule has 1 saturated heterocycles. The lowest BCUT2D eigenvalue weighted by Gasteiger charge is -2.37. The lowest BCUT2D eigenvalue weighted by molar-refractivity contribution is 0.128. The first-order valence-corrected chi connectivity index (χ1v) is 12.7. The molecule has 2 heterocycles. The Labute approximate surface area is 188 Å². The Morgan fingerprint density at radius 2 is 1.88 bits per heavy atom. The Morgan fingerprint density at radius 3 is 2.47 bits per heavy atom. The Kier molecular flexibility index (Phi) is 6.55. The second-order valence-corrected chi connectivity index (χ2v) is 10.4. The van der Waals surface area contributed by atoms with Crippen molar-refractivity contribution in [3.63, 3.8) is 0 Å². The number of nitrogens with one attached hydrogen (secondary N) is 1. The third-order valence-corrected chi connectivity index (χ3v) is 7.97. The van der Waals surface area contributed by atoms with Gasteiger partial charge in [-0.25, -0.2) is 26.6 Å². The van der Waals surface area contributed by atoms with E-state index in [2.05, 4.69) is 15.2 Å². The molecule has 1 aliphatic heterocycles. The van der Waals surface area contributed by atoms with Gasteiger partial charge in [-0.2, -0.15) is 0 Å². The van der Waals surface area contributed by atoms with Gasteiger partial charge in [-0.05, 0) is 50.2 Å². The first kappa shape index (κ1) is 22.8. The Balaban J connectivity index is 1.55. The summed E-state index contributed by atoms with van der Waals surface area (Å²) in [5, 5.41) is 4.34. The molecule has 170 valence electrons. The number of anilines is 1. The number of hydrogen-bond acceptors (Lipinski definition) is 6. The molecular weight excluding hydrogens is 459 g/mol. The molecule has 2 aromatic carbocycles. The zero-order valence-corrected chi connectivity index (χ0v) is 18.9. The fraction of sp³-hybridized carbons (Fsp3) is 0.318. The van der Waals surface area contributed by atoms with E-state index < -0.39 is 37.9 Å². The summed E-state index contributed by atoms with van der Waals surface area (Å²) in [5.74, 6) is -3.41. The van der Waals surface area contributed by atoms with E-state index in [1.54, 1.807) is 6.07 Å². The third kappa shape index (κ3) is 4.67. The van der Waals surface area contributed by atoms with Gasteiger partial charge in [0, 0.05) is 29.2 Å². The fourth-order valence-electron chi connectivity index (χ4n) is 3.80. The van der Waals surface area contributed by atoms with Crippen LogP contribution in [0.2, 0.25) is 0 Å². The molecule has 0 aliphatic carbocycles. The van der Waals surface area contributed by atoms with Crippen molar-refractivity contribution in [3.05, 3.63) is 75.5 Å². The number of halogens is 3. The summed E-state index contributed by atoms with van der Waals surface area (Å²) < 4.78 is 68.9. The van der Waals surface area contributed by atoms with Crippen molar-refractivity contribution in [2.24, 2.45) is 0 Å². The summed E-state index contributed by atoms with van der Waals surface area (Å²) in [6, 6.07) is 6.68. The predicted molar refractivity (Wildman–Crippen MR) is 118 cm³/mol. The topological polar surface area (TPSA) is 62.3 Å². The smallest absolute Gasteiger partial charge is 0.189 e. The number of nitrogens with zero attached hydrogens (tertiary/aromatic N) is 2. The molecule has 4 rings (SSSR count). The average Bonchev–Trinajstić information content (AvgIpc) is 3.16. The summed E-state index contributed by atoms with van der Waals surface area (Å²) in [7, 11) is -4.26. The number of hydrogen-bond donors (Lipinski definition) is 1. The Hall–Kier alpha value is -2.43. The van der Waals surface area contributed by atoms with Gasteiger partial charge in [0.1, 0.15) is 22.3 Å². The highest BCUT2D eigenvalue weighted by Crippen LogP contribution is 2.30. The highest BCUT2D eigenvalue weighted by Gasteiger charge is 2.27. The van der Waals surface area contributed by atoms with Crippen molar-refractivity contribution in [1.82, 2.24) is 9.88 Å². The van der Waals surface area contributed by atoms with Crippen LogP contribution < -0.4 is 5.32 Å². The molecule has 0 bridgehead atoms. The van der Waals surface area contributed by atoms with Crippen LogP contribution in [0.3, 0.4) is 0 Å². The Morgan fingerprint density at radius 1 is 1.16 bits per heavy atom. The monoisotopic (exact) mass is 481 g/mol. The molecule has 0 spiro atoms. The minimum atomic E-state index is -4.26. The van der Waals surface area contributed by atoms with Crippen LogP contribution in [0.5, 0.6) is 0 Å². The van der Waals surface area contributed by atoms with E-state index in [0.29, 0.717) is 5.56 Å². The molecule has 1 aromatic heterocycles. The summed E-state index contributed by atoms with van der Waals surface area (Å²) in [4.78, 5) is 5.09. The molecule has 1 aliphatic rings. The lowest BCUT2D eigenvalue weighted by atomic mass is 9.97. The molecule has 0 unspecified atom stereocenters. The van der Waals surface area contributed by atoms with E-state index in [1.165, 1.54) is 28.3 Å². The van der Waals surface area contributed by atoms with Gasteiger partial charge in [0.15, 0.2) is 9.84 Å². The van der Waals surface area contributed by atoms with E-state index in [1.807, 2.05) is 13.0 Å².